The van der Waals surface area contributed by atoms with Gasteiger partial charge in [0.15, 0.2) is 5.82 Å². The van der Waals surface area contributed by atoms with Crippen molar-refractivity contribution >= 4 is 22.6 Å². The van der Waals surface area contributed by atoms with E-state index in [1.807, 2.05) is 12.1 Å². The number of halogens is 1. The molecule has 0 bridgehead atoms. The summed E-state index contributed by atoms with van der Waals surface area (Å²) in [5.41, 5.74) is 0.769. The lowest BCUT2D eigenvalue weighted by Crippen LogP contribution is -2.11. The van der Waals surface area contributed by atoms with Crippen LogP contribution in [0.3, 0.4) is 0 Å². The van der Waals surface area contributed by atoms with E-state index in [4.69, 9.17) is 4.52 Å². The Morgan fingerprint density at radius 2 is 2.00 bits per heavy atom. The minimum Gasteiger partial charge on any atom is -0.507 e. The molecule has 1 N–H and O–H groups in total. The third kappa shape index (κ3) is 2.82. The highest BCUT2D eigenvalue weighted by molar-refractivity contribution is 14.1. The van der Waals surface area contributed by atoms with Crippen molar-refractivity contribution < 1.29 is 9.63 Å². The summed E-state index contributed by atoms with van der Waals surface area (Å²) in [6.07, 6.45) is 4.74. The molecule has 1 heterocycles. The number of nitrogens with zero attached hydrogens (tertiary/aromatic N) is 2. The summed E-state index contributed by atoms with van der Waals surface area (Å²) in [7, 11) is 0. The van der Waals surface area contributed by atoms with Crippen molar-refractivity contribution in [2.45, 2.75) is 38.5 Å². The second-order valence-corrected chi connectivity index (χ2v) is 6.74. The van der Waals surface area contributed by atoms with Gasteiger partial charge in [0.1, 0.15) is 5.75 Å². The molecule has 1 aromatic carbocycles. The van der Waals surface area contributed by atoms with E-state index in [2.05, 4.69) is 39.7 Å². The van der Waals surface area contributed by atoms with Crippen molar-refractivity contribution in [1.29, 1.82) is 0 Å². The van der Waals surface area contributed by atoms with Crippen molar-refractivity contribution in [3.05, 3.63) is 27.6 Å². The summed E-state index contributed by atoms with van der Waals surface area (Å²) in [6, 6.07) is 5.40. The Balaban J connectivity index is 1.81. The first-order valence-corrected chi connectivity index (χ1v) is 8.04. The number of hydrogen-bond donors (Lipinski definition) is 1. The lowest BCUT2D eigenvalue weighted by atomic mass is 9.83. The van der Waals surface area contributed by atoms with Gasteiger partial charge in [0.2, 0.25) is 0 Å². The lowest BCUT2D eigenvalue weighted by molar-refractivity contribution is 0.329. The highest BCUT2D eigenvalue weighted by Gasteiger charge is 2.24. The maximum Gasteiger partial charge on any atom is 0.258 e. The fourth-order valence-electron chi connectivity index (χ4n) is 2.68. The Kier molecular flexibility index (Phi) is 3.96. The summed E-state index contributed by atoms with van der Waals surface area (Å²) in [5.74, 6) is 2.77. The topological polar surface area (TPSA) is 59.2 Å². The van der Waals surface area contributed by atoms with E-state index in [1.54, 1.807) is 6.07 Å². The summed E-state index contributed by atoms with van der Waals surface area (Å²) >= 11 is 2.09. The quantitative estimate of drug-likeness (QED) is 0.783. The molecule has 1 fully saturated rings. The van der Waals surface area contributed by atoms with Gasteiger partial charge < -0.3 is 9.63 Å². The van der Waals surface area contributed by atoms with Crippen molar-refractivity contribution in [2.75, 3.05) is 0 Å². The predicted octanol–water partition coefficient (Wildman–Crippen LogP) is 4.34. The third-order valence-electron chi connectivity index (χ3n) is 4.02. The van der Waals surface area contributed by atoms with Gasteiger partial charge in [0.25, 0.3) is 5.89 Å². The number of hydrogen-bond acceptors (Lipinski definition) is 4. The monoisotopic (exact) mass is 384 g/mol. The molecule has 0 atom stereocenters. The molecule has 0 unspecified atom stereocenters. The van der Waals surface area contributed by atoms with Crippen LogP contribution in [-0.4, -0.2) is 15.2 Å². The fraction of sp³-hybridized carbons (Fsp3) is 0.467. The zero-order valence-electron chi connectivity index (χ0n) is 11.3. The van der Waals surface area contributed by atoms with Gasteiger partial charge in [-0.1, -0.05) is 24.9 Å². The minimum atomic E-state index is 0.245. The van der Waals surface area contributed by atoms with E-state index >= 15 is 0 Å². The van der Waals surface area contributed by atoms with Gasteiger partial charge in [-0.05, 0) is 59.5 Å². The lowest BCUT2D eigenvalue weighted by Gasteiger charge is -2.23. The molecule has 20 heavy (non-hydrogen) atoms. The van der Waals surface area contributed by atoms with Crippen LogP contribution in [0.1, 0.15) is 44.3 Å². The molecule has 1 saturated carbocycles. The summed E-state index contributed by atoms with van der Waals surface area (Å²) in [4.78, 5) is 4.51. The number of phenols is 1. The van der Waals surface area contributed by atoms with Gasteiger partial charge in [-0.2, -0.15) is 4.98 Å². The maximum atomic E-state index is 9.75. The molecule has 0 amide bonds. The van der Waals surface area contributed by atoms with Crippen LogP contribution in [0.2, 0.25) is 0 Å². The van der Waals surface area contributed by atoms with E-state index in [0.717, 1.165) is 33.7 Å². The van der Waals surface area contributed by atoms with E-state index in [0.29, 0.717) is 11.8 Å². The van der Waals surface area contributed by atoms with Crippen molar-refractivity contribution in [2.24, 2.45) is 5.92 Å². The second kappa shape index (κ2) is 5.71. The first-order valence-electron chi connectivity index (χ1n) is 6.96. The van der Waals surface area contributed by atoms with Gasteiger partial charge in [-0.25, -0.2) is 0 Å². The van der Waals surface area contributed by atoms with Crippen molar-refractivity contribution in [1.82, 2.24) is 10.1 Å². The molecule has 5 heteroatoms. The van der Waals surface area contributed by atoms with Crippen LogP contribution in [0.25, 0.3) is 11.5 Å². The Hall–Kier alpha value is -1.11. The molecular weight excluding hydrogens is 367 g/mol. The van der Waals surface area contributed by atoms with Crippen molar-refractivity contribution in [3.8, 4) is 17.2 Å². The summed E-state index contributed by atoms with van der Waals surface area (Å²) in [5, 5.41) is 13.9. The van der Waals surface area contributed by atoms with Crippen LogP contribution in [-0.2, 0) is 0 Å². The third-order valence-corrected chi connectivity index (χ3v) is 4.93. The minimum absolute atomic E-state index is 0.245. The van der Waals surface area contributed by atoms with E-state index in [1.165, 1.54) is 12.8 Å². The maximum absolute atomic E-state index is 9.75. The zero-order chi connectivity index (χ0) is 14.1. The van der Waals surface area contributed by atoms with Gasteiger partial charge in [0.05, 0.1) is 3.57 Å². The second-order valence-electron chi connectivity index (χ2n) is 5.58. The van der Waals surface area contributed by atoms with Crippen LogP contribution < -0.4 is 0 Å². The molecule has 4 nitrogen and oxygen atoms in total. The largest absolute Gasteiger partial charge is 0.507 e. The molecule has 0 spiro atoms. The van der Waals surface area contributed by atoms with Crippen LogP contribution in [0.15, 0.2) is 22.7 Å². The summed E-state index contributed by atoms with van der Waals surface area (Å²) < 4.78 is 6.16. The zero-order valence-corrected chi connectivity index (χ0v) is 13.5. The number of aromatic nitrogens is 2. The highest BCUT2D eigenvalue weighted by atomic mass is 127. The molecule has 106 valence electrons. The molecule has 0 saturated heterocycles. The van der Waals surface area contributed by atoms with Gasteiger partial charge in [-0.3, -0.25) is 0 Å². The molecule has 1 aliphatic carbocycles. The van der Waals surface area contributed by atoms with Crippen molar-refractivity contribution in [3.63, 3.8) is 0 Å². The average Bonchev–Trinajstić information content (AvgIpc) is 2.92. The first kappa shape index (κ1) is 13.9. The molecule has 3 rings (SSSR count). The van der Waals surface area contributed by atoms with Crippen LogP contribution in [0.5, 0.6) is 5.75 Å². The SMILES string of the molecule is CC1CCC(c2noc(-c3ccc(I)c(O)c3)n2)CC1. The normalized spacial score (nSPS) is 22.9. The van der Waals surface area contributed by atoms with Crippen LogP contribution >= 0.6 is 22.6 Å². The Labute approximate surface area is 131 Å². The molecule has 1 aromatic heterocycles. The molecule has 0 radical (unpaired) electrons. The predicted molar refractivity (Wildman–Crippen MR) is 84.5 cm³/mol. The fourth-order valence-corrected chi connectivity index (χ4v) is 3.02. The van der Waals surface area contributed by atoms with E-state index in [-0.39, 0.29) is 5.75 Å². The number of aromatic hydroxyl groups is 1. The number of phenolic OH excluding ortho intramolecular Hbond substituents is 1. The van der Waals surface area contributed by atoms with Gasteiger partial charge in [0, 0.05) is 11.5 Å². The smallest absolute Gasteiger partial charge is 0.258 e. The van der Waals surface area contributed by atoms with Gasteiger partial charge >= 0.3 is 0 Å². The average molecular weight is 384 g/mol. The Bertz CT molecular complexity index is 604. The number of benzene rings is 1. The van der Waals surface area contributed by atoms with E-state index in [9.17, 15) is 5.11 Å². The standard InChI is InChI=1S/C15H17IN2O2/c1-9-2-4-10(5-3-9)14-17-15(20-18-14)11-6-7-12(16)13(19)8-11/h6-10,19H,2-5H2,1H3. The molecule has 0 aliphatic heterocycles. The number of rotatable bonds is 2. The Morgan fingerprint density at radius 1 is 1.25 bits per heavy atom. The first-order chi connectivity index (χ1) is 9.63. The Morgan fingerprint density at radius 3 is 2.70 bits per heavy atom. The van der Waals surface area contributed by atoms with Crippen LogP contribution in [0.4, 0.5) is 0 Å². The van der Waals surface area contributed by atoms with E-state index < -0.39 is 0 Å². The molecular formula is C15H17IN2O2. The van der Waals surface area contributed by atoms with Gasteiger partial charge in [-0.15, -0.1) is 0 Å². The summed E-state index contributed by atoms with van der Waals surface area (Å²) in [6.45, 7) is 2.30. The highest BCUT2D eigenvalue weighted by Crippen LogP contribution is 2.35. The molecule has 1 aliphatic rings. The molecule has 2 aromatic rings. The van der Waals surface area contributed by atoms with Crippen LogP contribution in [0, 0.1) is 9.49 Å².